The van der Waals surface area contributed by atoms with Crippen molar-refractivity contribution in [1.82, 2.24) is 5.32 Å². The number of fused-ring (bicyclic) bond motifs is 1. The van der Waals surface area contributed by atoms with Gasteiger partial charge < -0.3 is 14.8 Å². The number of hydrogen-bond donors (Lipinski definition) is 1. The summed E-state index contributed by atoms with van der Waals surface area (Å²) in [6.07, 6.45) is 2.64. The average Bonchev–Trinajstić information content (AvgIpc) is 2.90. The van der Waals surface area contributed by atoms with Crippen molar-refractivity contribution in [3.8, 4) is 5.75 Å². The van der Waals surface area contributed by atoms with Crippen LogP contribution in [-0.2, 0) is 4.74 Å². The number of rotatable bonds is 3. The minimum absolute atomic E-state index is 0.0520. The monoisotopic (exact) mass is 247 g/mol. The number of para-hydroxylation sites is 1. The SMILES string of the molecule is CC1(C)CCC(CNC2COc3ccccc32)O1. The summed E-state index contributed by atoms with van der Waals surface area (Å²) < 4.78 is 11.7. The Bertz CT molecular complexity index is 430. The van der Waals surface area contributed by atoms with Crippen molar-refractivity contribution in [3.63, 3.8) is 0 Å². The third-order valence-corrected chi connectivity index (χ3v) is 3.85. The Morgan fingerprint density at radius 3 is 2.94 bits per heavy atom. The molecule has 0 radical (unpaired) electrons. The van der Waals surface area contributed by atoms with Crippen LogP contribution in [0.2, 0.25) is 0 Å². The first-order valence-corrected chi connectivity index (χ1v) is 6.77. The molecule has 3 nitrogen and oxygen atoms in total. The summed E-state index contributed by atoms with van der Waals surface area (Å²) in [4.78, 5) is 0. The molecule has 2 aliphatic heterocycles. The van der Waals surface area contributed by atoms with Crippen LogP contribution in [0.5, 0.6) is 5.75 Å². The molecule has 3 rings (SSSR count). The summed E-state index contributed by atoms with van der Waals surface area (Å²) in [6.45, 7) is 5.98. The molecule has 0 spiro atoms. The maximum Gasteiger partial charge on any atom is 0.124 e. The maximum atomic E-state index is 5.99. The first-order chi connectivity index (χ1) is 8.64. The van der Waals surface area contributed by atoms with Crippen molar-refractivity contribution >= 4 is 0 Å². The lowest BCUT2D eigenvalue weighted by Gasteiger charge is -2.20. The normalized spacial score (nSPS) is 29.0. The molecule has 1 N–H and O–H groups in total. The molecule has 2 aliphatic rings. The Morgan fingerprint density at radius 2 is 2.17 bits per heavy atom. The van der Waals surface area contributed by atoms with Crippen molar-refractivity contribution in [2.24, 2.45) is 0 Å². The molecule has 0 aliphatic carbocycles. The van der Waals surface area contributed by atoms with E-state index in [2.05, 4.69) is 31.3 Å². The topological polar surface area (TPSA) is 30.5 Å². The largest absolute Gasteiger partial charge is 0.491 e. The van der Waals surface area contributed by atoms with Crippen LogP contribution in [0.1, 0.15) is 38.3 Å². The Labute approximate surface area is 108 Å². The van der Waals surface area contributed by atoms with Crippen LogP contribution in [0.3, 0.4) is 0 Å². The molecule has 1 aromatic rings. The van der Waals surface area contributed by atoms with E-state index < -0.39 is 0 Å². The van der Waals surface area contributed by atoms with Crippen molar-refractivity contribution in [1.29, 1.82) is 0 Å². The molecular formula is C15H21NO2. The van der Waals surface area contributed by atoms with Gasteiger partial charge in [-0.3, -0.25) is 0 Å². The molecule has 0 saturated carbocycles. The zero-order chi connectivity index (χ0) is 12.6. The fourth-order valence-corrected chi connectivity index (χ4v) is 2.83. The third-order valence-electron chi connectivity index (χ3n) is 3.85. The molecule has 1 fully saturated rings. The highest BCUT2D eigenvalue weighted by atomic mass is 16.5. The second-order valence-corrected chi connectivity index (χ2v) is 5.85. The van der Waals surface area contributed by atoms with E-state index in [0.717, 1.165) is 31.7 Å². The van der Waals surface area contributed by atoms with Crippen LogP contribution in [0.25, 0.3) is 0 Å². The van der Waals surface area contributed by atoms with Crippen LogP contribution in [0.15, 0.2) is 24.3 Å². The van der Waals surface area contributed by atoms with Crippen molar-refractivity contribution in [2.45, 2.75) is 44.4 Å². The van der Waals surface area contributed by atoms with Gasteiger partial charge in [0.1, 0.15) is 12.4 Å². The molecule has 1 saturated heterocycles. The highest BCUT2D eigenvalue weighted by Gasteiger charge is 2.32. The molecule has 2 unspecified atom stereocenters. The predicted molar refractivity (Wildman–Crippen MR) is 70.9 cm³/mol. The van der Waals surface area contributed by atoms with E-state index in [1.54, 1.807) is 0 Å². The molecular weight excluding hydrogens is 226 g/mol. The van der Waals surface area contributed by atoms with E-state index in [9.17, 15) is 0 Å². The number of ether oxygens (including phenoxy) is 2. The Balaban J connectivity index is 1.56. The molecule has 2 atom stereocenters. The van der Waals surface area contributed by atoms with E-state index in [1.807, 2.05) is 12.1 Å². The standard InChI is InChI=1S/C15H21NO2/c1-15(2)8-7-11(18-15)9-16-13-10-17-14-6-4-3-5-12(13)14/h3-6,11,13,16H,7-10H2,1-2H3. The molecule has 98 valence electrons. The van der Waals surface area contributed by atoms with Gasteiger partial charge in [-0.05, 0) is 32.8 Å². The molecule has 0 amide bonds. The zero-order valence-electron chi connectivity index (χ0n) is 11.1. The second kappa shape index (κ2) is 4.56. The van der Waals surface area contributed by atoms with Gasteiger partial charge in [0.15, 0.2) is 0 Å². The summed E-state index contributed by atoms with van der Waals surface area (Å²) in [6, 6.07) is 8.57. The quantitative estimate of drug-likeness (QED) is 0.890. The Morgan fingerprint density at radius 1 is 1.33 bits per heavy atom. The molecule has 1 aromatic carbocycles. The first kappa shape index (κ1) is 12.0. The molecule has 18 heavy (non-hydrogen) atoms. The Kier molecular flexibility index (Phi) is 3.04. The van der Waals surface area contributed by atoms with Crippen LogP contribution in [0.4, 0.5) is 0 Å². The fourth-order valence-electron chi connectivity index (χ4n) is 2.83. The first-order valence-electron chi connectivity index (χ1n) is 6.77. The fraction of sp³-hybridized carbons (Fsp3) is 0.600. The maximum absolute atomic E-state index is 5.99. The van der Waals surface area contributed by atoms with Gasteiger partial charge in [0.25, 0.3) is 0 Å². The number of nitrogens with one attached hydrogen (secondary N) is 1. The minimum Gasteiger partial charge on any atom is -0.491 e. The van der Waals surface area contributed by atoms with Crippen LogP contribution in [0, 0.1) is 0 Å². The van der Waals surface area contributed by atoms with Gasteiger partial charge in [-0.15, -0.1) is 0 Å². The van der Waals surface area contributed by atoms with E-state index in [1.165, 1.54) is 5.56 Å². The van der Waals surface area contributed by atoms with Gasteiger partial charge in [-0.2, -0.15) is 0 Å². The summed E-state index contributed by atoms with van der Waals surface area (Å²) in [5, 5.41) is 3.57. The smallest absolute Gasteiger partial charge is 0.124 e. The molecule has 0 aromatic heterocycles. The average molecular weight is 247 g/mol. The lowest BCUT2D eigenvalue weighted by Crippen LogP contribution is -2.32. The Hall–Kier alpha value is -1.06. The van der Waals surface area contributed by atoms with E-state index in [4.69, 9.17) is 9.47 Å². The van der Waals surface area contributed by atoms with E-state index in [0.29, 0.717) is 12.1 Å². The number of benzene rings is 1. The van der Waals surface area contributed by atoms with Gasteiger partial charge in [-0.25, -0.2) is 0 Å². The van der Waals surface area contributed by atoms with Gasteiger partial charge in [-0.1, -0.05) is 18.2 Å². The molecule has 3 heteroatoms. The highest BCUT2D eigenvalue weighted by Crippen LogP contribution is 2.33. The molecule has 0 bridgehead atoms. The number of hydrogen-bond acceptors (Lipinski definition) is 3. The predicted octanol–water partition coefficient (Wildman–Crippen LogP) is 2.67. The van der Waals surface area contributed by atoms with Gasteiger partial charge >= 0.3 is 0 Å². The summed E-state index contributed by atoms with van der Waals surface area (Å²) in [5.41, 5.74) is 1.32. The zero-order valence-corrected chi connectivity index (χ0v) is 11.1. The third kappa shape index (κ3) is 2.38. The van der Waals surface area contributed by atoms with E-state index >= 15 is 0 Å². The van der Waals surface area contributed by atoms with Gasteiger partial charge in [0.05, 0.1) is 17.7 Å². The molecule has 2 heterocycles. The van der Waals surface area contributed by atoms with Gasteiger partial charge in [0, 0.05) is 12.1 Å². The van der Waals surface area contributed by atoms with Crippen LogP contribution in [-0.4, -0.2) is 24.9 Å². The summed E-state index contributed by atoms with van der Waals surface area (Å²) in [7, 11) is 0. The summed E-state index contributed by atoms with van der Waals surface area (Å²) >= 11 is 0. The minimum atomic E-state index is 0.0520. The summed E-state index contributed by atoms with van der Waals surface area (Å²) in [5.74, 6) is 1.02. The van der Waals surface area contributed by atoms with Crippen LogP contribution >= 0.6 is 0 Å². The van der Waals surface area contributed by atoms with E-state index in [-0.39, 0.29) is 5.60 Å². The lowest BCUT2D eigenvalue weighted by atomic mass is 10.1. The lowest BCUT2D eigenvalue weighted by molar-refractivity contribution is -0.0153. The van der Waals surface area contributed by atoms with Gasteiger partial charge in [0.2, 0.25) is 0 Å². The van der Waals surface area contributed by atoms with Crippen molar-refractivity contribution in [2.75, 3.05) is 13.2 Å². The van der Waals surface area contributed by atoms with Crippen molar-refractivity contribution < 1.29 is 9.47 Å². The van der Waals surface area contributed by atoms with Crippen LogP contribution < -0.4 is 10.1 Å². The second-order valence-electron chi connectivity index (χ2n) is 5.85. The highest BCUT2D eigenvalue weighted by molar-refractivity contribution is 5.39. The van der Waals surface area contributed by atoms with Crippen molar-refractivity contribution in [3.05, 3.63) is 29.8 Å².